The van der Waals surface area contributed by atoms with Crippen molar-refractivity contribution in [2.24, 2.45) is 16.5 Å². The number of aliphatic imine (C=N–C) groups is 1. The Hall–Kier alpha value is -1.03. The Morgan fingerprint density at radius 2 is 2.27 bits per heavy atom. The monoisotopic (exact) mass is 169 g/mol. The molecule has 4 N–H and O–H groups in total. The van der Waals surface area contributed by atoms with Gasteiger partial charge in [0.2, 0.25) is 0 Å². The fourth-order valence-electron chi connectivity index (χ4n) is 0.739. The molecule has 0 fully saturated rings. The number of nitrogens with zero attached hydrogens (tertiary/aromatic N) is 1. The summed E-state index contributed by atoms with van der Waals surface area (Å²) >= 11 is 1.71. The van der Waals surface area contributed by atoms with E-state index in [0.29, 0.717) is 6.54 Å². The van der Waals surface area contributed by atoms with Crippen LogP contribution in [0.25, 0.3) is 0 Å². The van der Waals surface area contributed by atoms with E-state index in [1.165, 1.54) is 9.75 Å². The van der Waals surface area contributed by atoms with Gasteiger partial charge in [-0.05, 0) is 19.1 Å². The summed E-state index contributed by atoms with van der Waals surface area (Å²) in [7, 11) is 0. The quantitative estimate of drug-likeness (QED) is 0.508. The molecule has 11 heavy (non-hydrogen) atoms. The second kappa shape index (κ2) is 3.39. The average Bonchev–Trinajstić information content (AvgIpc) is 2.31. The maximum atomic E-state index is 5.18. The molecule has 1 rings (SSSR count). The Morgan fingerprint density at radius 3 is 2.73 bits per heavy atom. The molecule has 0 aliphatic carbocycles. The molecule has 1 aromatic rings. The predicted molar refractivity (Wildman–Crippen MR) is 48.6 cm³/mol. The number of hydrogen-bond acceptors (Lipinski definition) is 2. The van der Waals surface area contributed by atoms with Crippen LogP contribution in [0.5, 0.6) is 0 Å². The Labute approximate surface area is 69.7 Å². The zero-order valence-corrected chi connectivity index (χ0v) is 7.19. The van der Waals surface area contributed by atoms with Crippen molar-refractivity contribution in [3.63, 3.8) is 0 Å². The summed E-state index contributed by atoms with van der Waals surface area (Å²) in [4.78, 5) is 6.36. The molecule has 0 amide bonds. The fraction of sp³-hybridized carbons (Fsp3) is 0.286. The smallest absolute Gasteiger partial charge is 0.186 e. The number of nitrogens with two attached hydrogens (primary N) is 2. The van der Waals surface area contributed by atoms with Crippen molar-refractivity contribution in [3.05, 3.63) is 21.9 Å². The molecule has 0 saturated carbocycles. The minimum atomic E-state index is 0.149. The highest BCUT2D eigenvalue weighted by Gasteiger charge is 1.93. The largest absolute Gasteiger partial charge is 0.370 e. The van der Waals surface area contributed by atoms with E-state index in [9.17, 15) is 0 Å². The summed E-state index contributed by atoms with van der Waals surface area (Å²) in [5, 5.41) is 0. The molecule has 60 valence electrons. The fourth-order valence-corrected chi connectivity index (χ4v) is 1.55. The molecule has 0 bridgehead atoms. The summed E-state index contributed by atoms with van der Waals surface area (Å²) in [6.45, 7) is 2.66. The molecule has 0 aliphatic heterocycles. The lowest BCUT2D eigenvalue weighted by Crippen LogP contribution is -2.22. The third-order valence-corrected chi connectivity index (χ3v) is 2.20. The highest BCUT2D eigenvalue weighted by molar-refractivity contribution is 7.11. The molecule has 0 saturated heterocycles. The van der Waals surface area contributed by atoms with Crippen molar-refractivity contribution in [1.29, 1.82) is 0 Å². The Kier molecular flexibility index (Phi) is 2.48. The number of guanidine groups is 1. The van der Waals surface area contributed by atoms with Gasteiger partial charge in [0.15, 0.2) is 5.96 Å². The number of thiophene rings is 1. The van der Waals surface area contributed by atoms with Gasteiger partial charge < -0.3 is 11.5 Å². The van der Waals surface area contributed by atoms with E-state index in [-0.39, 0.29) is 5.96 Å². The first-order chi connectivity index (χ1) is 5.18. The van der Waals surface area contributed by atoms with Crippen LogP contribution in [-0.2, 0) is 6.54 Å². The summed E-state index contributed by atoms with van der Waals surface area (Å²) in [5.41, 5.74) is 10.4. The van der Waals surface area contributed by atoms with Gasteiger partial charge in [-0.1, -0.05) is 0 Å². The van der Waals surface area contributed by atoms with Gasteiger partial charge in [0.1, 0.15) is 0 Å². The van der Waals surface area contributed by atoms with Crippen molar-refractivity contribution in [3.8, 4) is 0 Å². The van der Waals surface area contributed by atoms with Gasteiger partial charge in [-0.25, -0.2) is 4.99 Å². The molecule has 3 nitrogen and oxygen atoms in total. The van der Waals surface area contributed by atoms with Gasteiger partial charge in [-0.3, -0.25) is 0 Å². The van der Waals surface area contributed by atoms with E-state index in [2.05, 4.69) is 18.0 Å². The third kappa shape index (κ3) is 2.59. The van der Waals surface area contributed by atoms with Crippen LogP contribution in [0.3, 0.4) is 0 Å². The standard InChI is InChI=1S/C7H11N3S/c1-5-2-3-6(11-5)4-10-7(8)9/h2-3H,4H2,1H3,(H4,8,9,10). The molecule has 1 heterocycles. The maximum Gasteiger partial charge on any atom is 0.186 e. The van der Waals surface area contributed by atoms with E-state index >= 15 is 0 Å². The topological polar surface area (TPSA) is 64.4 Å². The highest BCUT2D eigenvalue weighted by Crippen LogP contribution is 2.15. The van der Waals surface area contributed by atoms with Crippen LogP contribution in [0.2, 0.25) is 0 Å². The average molecular weight is 169 g/mol. The van der Waals surface area contributed by atoms with Crippen LogP contribution in [-0.4, -0.2) is 5.96 Å². The zero-order valence-electron chi connectivity index (χ0n) is 6.37. The highest BCUT2D eigenvalue weighted by atomic mass is 32.1. The molecule has 0 aliphatic rings. The van der Waals surface area contributed by atoms with Crippen LogP contribution in [0.15, 0.2) is 17.1 Å². The van der Waals surface area contributed by atoms with Crippen LogP contribution >= 0.6 is 11.3 Å². The molecule has 0 spiro atoms. The van der Waals surface area contributed by atoms with E-state index < -0.39 is 0 Å². The lowest BCUT2D eigenvalue weighted by molar-refractivity contribution is 1.09. The number of hydrogen-bond donors (Lipinski definition) is 2. The molecule has 1 aromatic heterocycles. The zero-order chi connectivity index (χ0) is 8.27. The van der Waals surface area contributed by atoms with Crippen LogP contribution in [0, 0.1) is 6.92 Å². The van der Waals surface area contributed by atoms with Crippen molar-refractivity contribution < 1.29 is 0 Å². The lowest BCUT2D eigenvalue weighted by atomic mass is 10.4. The second-order valence-electron chi connectivity index (χ2n) is 2.25. The normalized spacial score (nSPS) is 9.55. The molecule has 0 radical (unpaired) electrons. The molecular weight excluding hydrogens is 158 g/mol. The molecule has 0 aromatic carbocycles. The van der Waals surface area contributed by atoms with Crippen molar-refractivity contribution in [1.82, 2.24) is 0 Å². The Morgan fingerprint density at radius 1 is 1.55 bits per heavy atom. The number of aryl methyl sites for hydroxylation is 1. The van der Waals surface area contributed by atoms with E-state index in [1.807, 2.05) is 6.07 Å². The minimum Gasteiger partial charge on any atom is -0.370 e. The Bertz CT molecular complexity index is 260. The van der Waals surface area contributed by atoms with E-state index in [4.69, 9.17) is 11.5 Å². The van der Waals surface area contributed by atoms with Gasteiger partial charge in [0, 0.05) is 9.75 Å². The predicted octanol–water partition coefficient (Wildman–Crippen LogP) is 0.830. The lowest BCUT2D eigenvalue weighted by Gasteiger charge is -1.89. The summed E-state index contributed by atoms with van der Waals surface area (Å²) < 4.78 is 0. The van der Waals surface area contributed by atoms with Gasteiger partial charge in [0.05, 0.1) is 6.54 Å². The first-order valence-electron chi connectivity index (χ1n) is 3.29. The van der Waals surface area contributed by atoms with Crippen molar-refractivity contribution >= 4 is 17.3 Å². The van der Waals surface area contributed by atoms with Gasteiger partial charge >= 0.3 is 0 Å². The summed E-state index contributed by atoms with van der Waals surface area (Å²) in [6, 6.07) is 4.09. The van der Waals surface area contributed by atoms with Gasteiger partial charge in [-0.2, -0.15) is 0 Å². The van der Waals surface area contributed by atoms with Crippen LogP contribution in [0.4, 0.5) is 0 Å². The Balaban J connectivity index is 2.58. The summed E-state index contributed by atoms with van der Waals surface area (Å²) in [6.07, 6.45) is 0. The van der Waals surface area contributed by atoms with Crippen molar-refractivity contribution in [2.45, 2.75) is 13.5 Å². The molecular formula is C7H11N3S. The van der Waals surface area contributed by atoms with E-state index in [1.54, 1.807) is 11.3 Å². The minimum absolute atomic E-state index is 0.149. The SMILES string of the molecule is Cc1ccc(CN=C(N)N)s1. The first-order valence-corrected chi connectivity index (χ1v) is 4.11. The van der Waals surface area contributed by atoms with Gasteiger partial charge in [0.25, 0.3) is 0 Å². The first kappa shape index (κ1) is 8.07. The third-order valence-electron chi connectivity index (χ3n) is 1.21. The van der Waals surface area contributed by atoms with Crippen LogP contribution in [0.1, 0.15) is 9.75 Å². The number of rotatable bonds is 2. The van der Waals surface area contributed by atoms with Gasteiger partial charge in [-0.15, -0.1) is 11.3 Å². The molecule has 0 atom stereocenters. The summed E-state index contributed by atoms with van der Waals surface area (Å²) in [5.74, 6) is 0.149. The maximum absolute atomic E-state index is 5.18. The molecule has 4 heteroatoms. The van der Waals surface area contributed by atoms with Crippen LogP contribution < -0.4 is 11.5 Å². The van der Waals surface area contributed by atoms with Crippen molar-refractivity contribution in [2.75, 3.05) is 0 Å². The second-order valence-corrected chi connectivity index (χ2v) is 3.63. The van der Waals surface area contributed by atoms with E-state index in [0.717, 1.165) is 0 Å². The molecule has 0 unspecified atom stereocenters.